The summed E-state index contributed by atoms with van der Waals surface area (Å²) < 4.78 is 0.864. The minimum atomic E-state index is -1.10. The number of hydrogen-bond acceptors (Lipinski definition) is 2. The third kappa shape index (κ3) is 4.90. The minimum Gasteiger partial charge on any atom is -0.480 e. The zero-order valence-electron chi connectivity index (χ0n) is 11.0. The average Bonchev–Trinajstić information content (AvgIpc) is 2.36. The fraction of sp³-hybridized carbons (Fsp3) is 0.200. The molecule has 0 fully saturated rings. The Morgan fingerprint density at radius 3 is 2.75 bits per heavy atom. The monoisotopic (exact) mass is 335 g/mol. The molecule has 1 N–H and O–H groups in total. The van der Waals surface area contributed by atoms with Crippen LogP contribution in [0.5, 0.6) is 0 Å². The van der Waals surface area contributed by atoms with E-state index in [0.717, 1.165) is 20.5 Å². The molecule has 0 radical (unpaired) electrons. The molecule has 0 aromatic heterocycles. The molecule has 4 nitrogen and oxygen atoms in total. The summed E-state index contributed by atoms with van der Waals surface area (Å²) >= 11 is 3.40. The van der Waals surface area contributed by atoms with Crippen molar-refractivity contribution in [1.29, 1.82) is 0 Å². The van der Waals surface area contributed by atoms with E-state index in [-0.39, 0.29) is 6.54 Å². The Morgan fingerprint density at radius 2 is 2.20 bits per heavy atom. The van der Waals surface area contributed by atoms with Crippen LogP contribution in [-0.4, -0.2) is 35.0 Å². The largest absolute Gasteiger partial charge is 0.480 e. The number of aryl methyl sites for hydroxylation is 1. The number of carbonyl (C=O) groups excluding carboxylic acids is 1. The van der Waals surface area contributed by atoms with Crippen molar-refractivity contribution in [1.82, 2.24) is 4.90 Å². The second-order valence-corrected chi connectivity index (χ2v) is 5.00. The van der Waals surface area contributed by atoms with Crippen molar-refractivity contribution in [3.8, 4) is 12.3 Å². The molecule has 0 saturated carbocycles. The van der Waals surface area contributed by atoms with Crippen LogP contribution in [-0.2, 0) is 9.59 Å². The summed E-state index contributed by atoms with van der Waals surface area (Å²) in [6.07, 6.45) is 8.06. The first kappa shape index (κ1) is 16.0. The molecule has 1 rings (SSSR count). The predicted molar refractivity (Wildman–Crippen MR) is 81.0 cm³/mol. The van der Waals surface area contributed by atoms with Gasteiger partial charge in [-0.15, -0.1) is 6.42 Å². The summed E-state index contributed by atoms with van der Waals surface area (Å²) in [5.41, 5.74) is 1.93. The lowest BCUT2D eigenvalue weighted by Gasteiger charge is -2.15. The number of carboxylic acid groups (broad SMARTS) is 1. The van der Waals surface area contributed by atoms with Crippen LogP contribution in [0.25, 0.3) is 6.08 Å². The van der Waals surface area contributed by atoms with Gasteiger partial charge in [0.15, 0.2) is 0 Å². The smallest absolute Gasteiger partial charge is 0.323 e. The maximum Gasteiger partial charge on any atom is 0.323 e. The van der Waals surface area contributed by atoms with Crippen LogP contribution in [0.4, 0.5) is 0 Å². The Labute approximate surface area is 126 Å². The SMILES string of the molecule is C#CCN(CC(=O)O)C(=O)C=Cc1ccc(C)cc1Br. The number of hydrogen-bond donors (Lipinski definition) is 1. The molecule has 0 saturated heterocycles. The molecule has 0 atom stereocenters. The van der Waals surface area contributed by atoms with Crippen LogP contribution in [0.1, 0.15) is 11.1 Å². The molecule has 0 heterocycles. The Hall–Kier alpha value is -2.06. The molecule has 1 aromatic carbocycles. The van der Waals surface area contributed by atoms with Gasteiger partial charge in [-0.2, -0.15) is 0 Å². The first-order chi connectivity index (χ1) is 9.43. The predicted octanol–water partition coefficient (Wildman–Crippen LogP) is 2.32. The van der Waals surface area contributed by atoms with Gasteiger partial charge in [0.25, 0.3) is 0 Å². The standard InChI is InChI=1S/C15H14BrNO3/c1-3-8-17(10-15(19)20)14(18)7-6-12-5-4-11(2)9-13(12)16/h1,4-7,9H,8,10H2,2H3,(H,19,20). The second-order valence-electron chi connectivity index (χ2n) is 4.15. The van der Waals surface area contributed by atoms with Crippen molar-refractivity contribution >= 4 is 33.9 Å². The number of amides is 1. The van der Waals surface area contributed by atoms with Crippen LogP contribution in [0, 0.1) is 19.3 Å². The van der Waals surface area contributed by atoms with E-state index in [2.05, 4.69) is 21.9 Å². The summed E-state index contributed by atoms with van der Waals surface area (Å²) in [4.78, 5) is 23.6. The van der Waals surface area contributed by atoms with Gasteiger partial charge in [-0.3, -0.25) is 9.59 Å². The van der Waals surface area contributed by atoms with E-state index in [1.54, 1.807) is 6.08 Å². The minimum absolute atomic E-state index is 0.0372. The Balaban J connectivity index is 2.84. The first-order valence-electron chi connectivity index (χ1n) is 5.82. The summed E-state index contributed by atoms with van der Waals surface area (Å²) in [5.74, 6) is 0.739. The summed E-state index contributed by atoms with van der Waals surface area (Å²) in [6.45, 7) is 1.51. The molecule has 104 valence electrons. The van der Waals surface area contributed by atoms with Gasteiger partial charge in [0.05, 0.1) is 6.54 Å². The van der Waals surface area contributed by atoms with Crippen LogP contribution >= 0.6 is 15.9 Å². The summed E-state index contributed by atoms with van der Waals surface area (Å²) in [6, 6.07) is 5.72. The third-order valence-electron chi connectivity index (χ3n) is 2.48. The van der Waals surface area contributed by atoms with E-state index < -0.39 is 18.4 Å². The molecule has 1 aromatic rings. The van der Waals surface area contributed by atoms with E-state index in [4.69, 9.17) is 11.5 Å². The molecular formula is C15H14BrNO3. The average molecular weight is 336 g/mol. The lowest BCUT2D eigenvalue weighted by molar-refractivity contribution is -0.142. The molecular weight excluding hydrogens is 322 g/mol. The number of rotatable bonds is 5. The highest BCUT2D eigenvalue weighted by Gasteiger charge is 2.12. The van der Waals surface area contributed by atoms with Crippen molar-refractivity contribution in [3.05, 3.63) is 39.9 Å². The van der Waals surface area contributed by atoms with Crippen LogP contribution in [0.2, 0.25) is 0 Å². The van der Waals surface area contributed by atoms with Gasteiger partial charge in [0.2, 0.25) is 5.91 Å². The van der Waals surface area contributed by atoms with Crippen molar-refractivity contribution in [2.45, 2.75) is 6.92 Å². The highest BCUT2D eigenvalue weighted by Crippen LogP contribution is 2.19. The van der Waals surface area contributed by atoms with Gasteiger partial charge in [0, 0.05) is 10.5 Å². The zero-order valence-corrected chi connectivity index (χ0v) is 12.6. The maximum absolute atomic E-state index is 11.9. The molecule has 20 heavy (non-hydrogen) atoms. The van der Waals surface area contributed by atoms with Gasteiger partial charge < -0.3 is 10.0 Å². The lowest BCUT2D eigenvalue weighted by atomic mass is 10.1. The molecule has 0 unspecified atom stereocenters. The van der Waals surface area contributed by atoms with Crippen molar-refractivity contribution in [2.24, 2.45) is 0 Å². The second kappa shape index (κ2) is 7.51. The van der Waals surface area contributed by atoms with Crippen LogP contribution in [0.3, 0.4) is 0 Å². The fourth-order valence-electron chi connectivity index (χ4n) is 1.52. The van der Waals surface area contributed by atoms with Crippen LogP contribution in [0.15, 0.2) is 28.7 Å². The Bertz CT molecular complexity index is 587. The van der Waals surface area contributed by atoms with E-state index in [1.165, 1.54) is 6.08 Å². The molecule has 0 bridgehead atoms. The van der Waals surface area contributed by atoms with Crippen molar-refractivity contribution in [3.63, 3.8) is 0 Å². The van der Waals surface area contributed by atoms with E-state index in [0.29, 0.717) is 0 Å². The van der Waals surface area contributed by atoms with Gasteiger partial charge >= 0.3 is 5.97 Å². The zero-order chi connectivity index (χ0) is 15.1. The third-order valence-corrected chi connectivity index (χ3v) is 3.17. The fourth-order valence-corrected chi connectivity index (χ4v) is 2.14. The first-order valence-corrected chi connectivity index (χ1v) is 6.61. The number of halogens is 1. The Kier molecular flexibility index (Phi) is 6.01. The van der Waals surface area contributed by atoms with Crippen molar-refractivity contribution in [2.75, 3.05) is 13.1 Å². The number of terminal acetylenes is 1. The van der Waals surface area contributed by atoms with Gasteiger partial charge in [0.1, 0.15) is 6.54 Å². The van der Waals surface area contributed by atoms with Gasteiger partial charge in [-0.1, -0.05) is 34.0 Å². The molecule has 1 amide bonds. The number of benzene rings is 1. The normalized spacial score (nSPS) is 10.2. The van der Waals surface area contributed by atoms with E-state index in [1.807, 2.05) is 25.1 Å². The number of carboxylic acids is 1. The van der Waals surface area contributed by atoms with Gasteiger partial charge in [-0.25, -0.2) is 0 Å². The molecule has 0 aliphatic heterocycles. The molecule has 0 aliphatic carbocycles. The van der Waals surface area contributed by atoms with Crippen LogP contribution < -0.4 is 0 Å². The lowest BCUT2D eigenvalue weighted by Crippen LogP contribution is -2.34. The van der Waals surface area contributed by atoms with E-state index >= 15 is 0 Å². The quantitative estimate of drug-likeness (QED) is 0.663. The number of nitrogens with zero attached hydrogens (tertiary/aromatic N) is 1. The van der Waals surface area contributed by atoms with Crippen molar-refractivity contribution < 1.29 is 14.7 Å². The van der Waals surface area contributed by atoms with E-state index in [9.17, 15) is 9.59 Å². The Morgan fingerprint density at radius 1 is 1.50 bits per heavy atom. The highest BCUT2D eigenvalue weighted by atomic mass is 79.9. The highest BCUT2D eigenvalue weighted by molar-refractivity contribution is 9.10. The molecule has 5 heteroatoms. The summed E-state index contributed by atoms with van der Waals surface area (Å²) in [5, 5.41) is 8.73. The molecule has 0 aliphatic rings. The summed E-state index contributed by atoms with van der Waals surface area (Å²) in [7, 11) is 0. The topological polar surface area (TPSA) is 57.6 Å². The van der Waals surface area contributed by atoms with Gasteiger partial charge in [-0.05, 0) is 30.2 Å². The number of aliphatic carboxylic acids is 1. The number of carbonyl (C=O) groups is 2. The maximum atomic E-state index is 11.9. The molecule has 0 spiro atoms.